The molecule has 0 spiro atoms. The number of carbonyl (C=O) groups excluding carboxylic acids is 1. The predicted molar refractivity (Wildman–Crippen MR) is 76.8 cm³/mol. The second-order valence-electron chi connectivity index (χ2n) is 6.31. The van der Waals surface area contributed by atoms with Crippen molar-refractivity contribution in [2.45, 2.75) is 40.7 Å². The molecule has 1 rings (SSSR count). The van der Waals surface area contributed by atoms with E-state index in [2.05, 4.69) is 4.98 Å². The van der Waals surface area contributed by atoms with Crippen molar-refractivity contribution in [2.24, 2.45) is 5.41 Å². The SMILES string of the molecule is CC(C)N(CC(C)(C)C)C(=O)c1ccncc1C(=O)O. The average Bonchev–Trinajstić information content (AvgIpc) is 2.33. The summed E-state index contributed by atoms with van der Waals surface area (Å²) in [6, 6.07) is 1.46. The van der Waals surface area contributed by atoms with Gasteiger partial charge in [0.1, 0.15) is 0 Å². The van der Waals surface area contributed by atoms with Gasteiger partial charge in [-0.1, -0.05) is 20.8 Å². The van der Waals surface area contributed by atoms with E-state index in [4.69, 9.17) is 5.11 Å². The maximum Gasteiger partial charge on any atom is 0.338 e. The van der Waals surface area contributed by atoms with Crippen LogP contribution < -0.4 is 0 Å². The van der Waals surface area contributed by atoms with Crippen LogP contribution >= 0.6 is 0 Å². The Balaban J connectivity index is 3.17. The zero-order chi connectivity index (χ0) is 15.5. The molecule has 1 heterocycles. The fourth-order valence-corrected chi connectivity index (χ4v) is 1.91. The number of aromatic nitrogens is 1. The van der Waals surface area contributed by atoms with E-state index in [9.17, 15) is 9.59 Å². The Morgan fingerprint density at radius 2 is 1.90 bits per heavy atom. The maximum atomic E-state index is 12.6. The summed E-state index contributed by atoms with van der Waals surface area (Å²) >= 11 is 0. The van der Waals surface area contributed by atoms with Gasteiger partial charge in [0.2, 0.25) is 0 Å². The monoisotopic (exact) mass is 278 g/mol. The fraction of sp³-hybridized carbons (Fsp3) is 0.533. The van der Waals surface area contributed by atoms with Crippen LogP contribution in [0.3, 0.4) is 0 Å². The fourth-order valence-electron chi connectivity index (χ4n) is 1.91. The van der Waals surface area contributed by atoms with Crippen molar-refractivity contribution in [3.63, 3.8) is 0 Å². The van der Waals surface area contributed by atoms with Gasteiger partial charge < -0.3 is 10.0 Å². The van der Waals surface area contributed by atoms with Gasteiger partial charge in [-0.15, -0.1) is 0 Å². The number of pyridine rings is 1. The lowest BCUT2D eigenvalue weighted by atomic mass is 9.94. The van der Waals surface area contributed by atoms with Crippen LogP contribution in [0.15, 0.2) is 18.5 Å². The summed E-state index contributed by atoms with van der Waals surface area (Å²) in [6.07, 6.45) is 2.65. The topological polar surface area (TPSA) is 70.5 Å². The third-order valence-electron chi connectivity index (χ3n) is 2.81. The standard InChI is InChI=1S/C15H22N2O3/c1-10(2)17(9-15(3,4)5)13(18)11-6-7-16-8-12(11)14(19)20/h6-8,10H,9H2,1-5H3,(H,19,20). The second kappa shape index (κ2) is 6.03. The molecule has 0 unspecified atom stereocenters. The van der Waals surface area contributed by atoms with Crippen LogP contribution in [0.5, 0.6) is 0 Å². The molecule has 110 valence electrons. The minimum Gasteiger partial charge on any atom is -0.478 e. The van der Waals surface area contributed by atoms with Crippen LogP contribution in [0.4, 0.5) is 0 Å². The number of rotatable bonds is 4. The lowest BCUT2D eigenvalue weighted by Gasteiger charge is -2.33. The Hall–Kier alpha value is -1.91. The molecule has 0 aromatic carbocycles. The summed E-state index contributed by atoms with van der Waals surface area (Å²) in [5, 5.41) is 9.16. The smallest absolute Gasteiger partial charge is 0.338 e. The molecule has 0 bridgehead atoms. The summed E-state index contributed by atoms with van der Waals surface area (Å²) in [6.45, 7) is 10.5. The molecule has 0 radical (unpaired) electrons. The normalized spacial score (nSPS) is 11.5. The summed E-state index contributed by atoms with van der Waals surface area (Å²) in [4.78, 5) is 29.3. The summed E-state index contributed by atoms with van der Waals surface area (Å²) in [7, 11) is 0. The van der Waals surface area contributed by atoms with Crippen LogP contribution in [-0.4, -0.2) is 39.5 Å². The molecule has 0 saturated heterocycles. The molecule has 20 heavy (non-hydrogen) atoms. The zero-order valence-electron chi connectivity index (χ0n) is 12.7. The molecule has 0 fully saturated rings. The third-order valence-corrected chi connectivity index (χ3v) is 2.81. The quantitative estimate of drug-likeness (QED) is 0.919. The van der Waals surface area contributed by atoms with Gasteiger partial charge in [0.15, 0.2) is 0 Å². The van der Waals surface area contributed by atoms with Crippen molar-refractivity contribution in [1.29, 1.82) is 0 Å². The number of carboxylic acids is 1. The van der Waals surface area contributed by atoms with Gasteiger partial charge in [0.25, 0.3) is 5.91 Å². The highest BCUT2D eigenvalue weighted by Crippen LogP contribution is 2.20. The highest BCUT2D eigenvalue weighted by atomic mass is 16.4. The molecule has 0 aliphatic carbocycles. The van der Waals surface area contributed by atoms with Crippen LogP contribution in [0.2, 0.25) is 0 Å². The minimum atomic E-state index is -1.14. The first-order valence-corrected chi connectivity index (χ1v) is 6.62. The number of hydrogen-bond acceptors (Lipinski definition) is 3. The van der Waals surface area contributed by atoms with Gasteiger partial charge >= 0.3 is 5.97 Å². The van der Waals surface area contributed by atoms with Crippen LogP contribution in [-0.2, 0) is 0 Å². The molecule has 5 nitrogen and oxygen atoms in total. The van der Waals surface area contributed by atoms with E-state index in [1.54, 1.807) is 4.90 Å². The van der Waals surface area contributed by atoms with E-state index >= 15 is 0 Å². The van der Waals surface area contributed by atoms with Crippen LogP contribution in [0.25, 0.3) is 0 Å². The van der Waals surface area contributed by atoms with Crippen molar-refractivity contribution in [2.75, 3.05) is 6.54 Å². The predicted octanol–water partition coefficient (Wildman–Crippen LogP) is 2.68. The van der Waals surface area contributed by atoms with Gasteiger partial charge in [0, 0.05) is 25.0 Å². The molecular weight excluding hydrogens is 256 g/mol. The van der Waals surface area contributed by atoms with E-state index < -0.39 is 5.97 Å². The van der Waals surface area contributed by atoms with E-state index in [0.717, 1.165) is 0 Å². The molecular formula is C15H22N2O3. The summed E-state index contributed by atoms with van der Waals surface area (Å²) < 4.78 is 0. The highest BCUT2D eigenvalue weighted by molar-refractivity contribution is 6.04. The van der Waals surface area contributed by atoms with Crippen molar-refractivity contribution in [1.82, 2.24) is 9.88 Å². The first-order chi connectivity index (χ1) is 9.13. The largest absolute Gasteiger partial charge is 0.478 e. The number of aromatic carboxylic acids is 1. The molecule has 0 saturated carbocycles. The Morgan fingerprint density at radius 1 is 1.30 bits per heavy atom. The highest BCUT2D eigenvalue weighted by Gasteiger charge is 2.27. The van der Waals surface area contributed by atoms with Gasteiger partial charge in [-0.2, -0.15) is 0 Å². The number of amides is 1. The summed E-state index contributed by atoms with van der Waals surface area (Å²) in [5.74, 6) is -1.41. The van der Waals surface area contributed by atoms with Crippen LogP contribution in [0, 0.1) is 5.41 Å². The van der Waals surface area contributed by atoms with Crippen molar-refractivity contribution in [3.05, 3.63) is 29.6 Å². The molecule has 1 amide bonds. The van der Waals surface area contributed by atoms with E-state index in [1.807, 2.05) is 34.6 Å². The Kier molecular flexibility index (Phi) is 4.87. The van der Waals surface area contributed by atoms with Crippen molar-refractivity contribution in [3.8, 4) is 0 Å². The van der Waals surface area contributed by atoms with E-state index in [0.29, 0.717) is 6.54 Å². The number of carbonyl (C=O) groups is 2. The van der Waals surface area contributed by atoms with Crippen molar-refractivity contribution < 1.29 is 14.7 Å². The van der Waals surface area contributed by atoms with E-state index in [-0.39, 0.29) is 28.5 Å². The van der Waals surface area contributed by atoms with Crippen LogP contribution in [0.1, 0.15) is 55.3 Å². The Bertz CT molecular complexity index is 504. The Labute approximate surface area is 119 Å². The molecule has 1 aromatic rings. The van der Waals surface area contributed by atoms with Crippen molar-refractivity contribution >= 4 is 11.9 Å². The lowest BCUT2D eigenvalue weighted by Crippen LogP contribution is -2.42. The molecule has 0 aliphatic heterocycles. The summed E-state index contributed by atoms with van der Waals surface area (Å²) in [5.41, 5.74) is 0.0681. The molecule has 0 atom stereocenters. The zero-order valence-corrected chi connectivity index (χ0v) is 12.7. The molecule has 0 aliphatic rings. The molecule has 5 heteroatoms. The molecule has 1 N–H and O–H groups in total. The minimum absolute atomic E-state index is 0.00321. The average molecular weight is 278 g/mol. The van der Waals surface area contributed by atoms with Gasteiger partial charge in [0.05, 0.1) is 11.1 Å². The van der Waals surface area contributed by atoms with Gasteiger partial charge in [-0.05, 0) is 25.3 Å². The van der Waals surface area contributed by atoms with Gasteiger partial charge in [-0.3, -0.25) is 9.78 Å². The van der Waals surface area contributed by atoms with Gasteiger partial charge in [-0.25, -0.2) is 4.79 Å². The Morgan fingerprint density at radius 3 is 2.35 bits per heavy atom. The first kappa shape index (κ1) is 16.1. The maximum absolute atomic E-state index is 12.6. The third kappa shape index (κ3) is 4.05. The lowest BCUT2D eigenvalue weighted by molar-refractivity contribution is 0.0611. The number of hydrogen-bond donors (Lipinski definition) is 1. The number of carboxylic acid groups (broad SMARTS) is 1. The molecule has 1 aromatic heterocycles. The second-order valence-corrected chi connectivity index (χ2v) is 6.31. The van der Waals surface area contributed by atoms with E-state index in [1.165, 1.54) is 18.5 Å². The first-order valence-electron chi connectivity index (χ1n) is 6.62. The number of nitrogens with zero attached hydrogens (tertiary/aromatic N) is 2.